The molecule has 4 rings (SSSR count). The van der Waals surface area contributed by atoms with Crippen LogP contribution in [0, 0.1) is 0 Å². The van der Waals surface area contributed by atoms with Crippen LogP contribution < -0.4 is 5.32 Å². The van der Waals surface area contributed by atoms with E-state index in [1.165, 1.54) is 16.7 Å². The lowest BCUT2D eigenvalue weighted by Gasteiger charge is -2.29. The molecule has 3 aromatic rings. The molecule has 0 unspecified atom stereocenters. The van der Waals surface area contributed by atoms with Crippen molar-refractivity contribution in [3.8, 4) is 0 Å². The van der Waals surface area contributed by atoms with E-state index in [0.29, 0.717) is 6.54 Å². The van der Waals surface area contributed by atoms with Crippen molar-refractivity contribution in [3.05, 3.63) is 96.1 Å². The first kappa shape index (κ1) is 19.0. The van der Waals surface area contributed by atoms with Crippen LogP contribution in [0.15, 0.2) is 84.1 Å². The zero-order chi connectivity index (χ0) is 19.9. The van der Waals surface area contributed by atoms with Gasteiger partial charge in [0.15, 0.2) is 5.96 Å². The average molecular weight is 386 g/mol. The first-order valence-electron chi connectivity index (χ1n) is 10.1. The van der Waals surface area contributed by atoms with Crippen LogP contribution in [-0.4, -0.2) is 40.5 Å². The SMILES string of the molecule is CN=C(NCc1nccn1Cc1ccccc1)N1CC=C(c2ccccc2)CC1. The second-order valence-corrected chi connectivity index (χ2v) is 7.15. The maximum Gasteiger partial charge on any atom is 0.194 e. The number of rotatable bonds is 5. The maximum absolute atomic E-state index is 4.53. The van der Waals surface area contributed by atoms with Crippen LogP contribution in [0.2, 0.25) is 0 Å². The Labute approximate surface area is 172 Å². The predicted molar refractivity (Wildman–Crippen MR) is 119 cm³/mol. The number of hydrogen-bond donors (Lipinski definition) is 1. The molecule has 0 amide bonds. The van der Waals surface area contributed by atoms with E-state index in [-0.39, 0.29) is 0 Å². The average Bonchev–Trinajstić information content (AvgIpc) is 3.23. The summed E-state index contributed by atoms with van der Waals surface area (Å²) in [5, 5.41) is 3.49. The topological polar surface area (TPSA) is 45.5 Å². The highest BCUT2D eigenvalue weighted by Crippen LogP contribution is 2.22. The molecule has 2 aromatic carbocycles. The molecular weight excluding hydrogens is 358 g/mol. The monoisotopic (exact) mass is 385 g/mol. The van der Waals surface area contributed by atoms with Crippen molar-refractivity contribution in [1.82, 2.24) is 19.8 Å². The van der Waals surface area contributed by atoms with Crippen molar-refractivity contribution in [2.24, 2.45) is 4.99 Å². The zero-order valence-corrected chi connectivity index (χ0v) is 16.8. The lowest BCUT2D eigenvalue weighted by molar-refractivity contribution is 0.438. The number of guanidine groups is 1. The fourth-order valence-corrected chi connectivity index (χ4v) is 3.70. The molecule has 1 aliphatic heterocycles. The van der Waals surface area contributed by atoms with E-state index in [0.717, 1.165) is 37.8 Å². The lowest BCUT2D eigenvalue weighted by Crippen LogP contribution is -2.43. The van der Waals surface area contributed by atoms with Gasteiger partial charge in [0.05, 0.1) is 6.54 Å². The number of aliphatic imine (C=N–C) groups is 1. The summed E-state index contributed by atoms with van der Waals surface area (Å²) in [7, 11) is 1.84. The molecule has 0 radical (unpaired) electrons. The normalized spacial score (nSPS) is 14.6. The largest absolute Gasteiger partial charge is 0.349 e. The summed E-state index contributed by atoms with van der Waals surface area (Å²) in [5.74, 6) is 1.93. The molecule has 29 heavy (non-hydrogen) atoms. The number of benzene rings is 2. The Morgan fingerprint density at radius 3 is 2.52 bits per heavy atom. The first-order valence-corrected chi connectivity index (χ1v) is 10.1. The molecule has 0 saturated carbocycles. The van der Waals surface area contributed by atoms with Gasteiger partial charge in [-0.3, -0.25) is 4.99 Å². The summed E-state index contributed by atoms with van der Waals surface area (Å²) in [4.78, 5) is 11.3. The van der Waals surface area contributed by atoms with Crippen molar-refractivity contribution in [1.29, 1.82) is 0 Å². The van der Waals surface area contributed by atoms with Gasteiger partial charge in [-0.2, -0.15) is 0 Å². The molecule has 0 bridgehead atoms. The highest BCUT2D eigenvalue weighted by Gasteiger charge is 2.16. The van der Waals surface area contributed by atoms with Crippen molar-refractivity contribution in [2.75, 3.05) is 20.1 Å². The van der Waals surface area contributed by atoms with Gasteiger partial charge in [-0.15, -0.1) is 0 Å². The second kappa shape index (κ2) is 9.24. The van der Waals surface area contributed by atoms with Gasteiger partial charge in [-0.25, -0.2) is 4.98 Å². The van der Waals surface area contributed by atoms with Crippen LogP contribution in [0.25, 0.3) is 5.57 Å². The quantitative estimate of drug-likeness (QED) is 0.537. The third kappa shape index (κ3) is 4.74. The molecule has 0 spiro atoms. The number of nitrogens with one attached hydrogen (secondary N) is 1. The minimum Gasteiger partial charge on any atom is -0.349 e. The molecule has 5 heteroatoms. The number of nitrogens with zero attached hydrogens (tertiary/aromatic N) is 4. The Balaban J connectivity index is 1.36. The molecule has 0 fully saturated rings. The van der Waals surface area contributed by atoms with Crippen molar-refractivity contribution < 1.29 is 0 Å². The van der Waals surface area contributed by atoms with Gasteiger partial charge < -0.3 is 14.8 Å². The number of aromatic nitrogens is 2. The van der Waals surface area contributed by atoms with Crippen molar-refractivity contribution >= 4 is 11.5 Å². The number of hydrogen-bond acceptors (Lipinski definition) is 2. The third-order valence-corrected chi connectivity index (χ3v) is 5.27. The Kier molecular flexibility index (Phi) is 6.05. The van der Waals surface area contributed by atoms with Crippen LogP contribution in [0.1, 0.15) is 23.4 Å². The van der Waals surface area contributed by atoms with Crippen LogP contribution >= 0.6 is 0 Å². The lowest BCUT2D eigenvalue weighted by atomic mass is 10.00. The smallest absolute Gasteiger partial charge is 0.194 e. The Bertz CT molecular complexity index is 973. The Morgan fingerprint density at radius 2 is 1.83 bits per heavy atom. The second-order valence-electron chi connectivity index (χ2n) is 7.15. The molecule has 0 atom stereocenters. The number of imidazole rings is 1. The molecule has 1 N–H and O–H groups in total. The van der Waals surface area contributed by atoms with Gasteiger partial charge in [-0.05, 0) is 23.1 Å². The van der Waals surface area contributed by atoms with E-state index >= 15 is 0 Å². The minimum absolute atomic E-state index is 0.651. The van der Waals surface area contributed by atoms with E-state index in [2.05, 4.69) is 85.4 Å². The van der Waals surface area contributed by atoms with Crippen LogP contribution in [0.5, 0.6) is 0 Å². The van der Waals surface area contributed by atoms with Crippen molar-refractivity contribution in [3.63, 3.8) is 0 Å². The van der Waals surface area contributed by atoms with Crippen LogP contribution in [-0.2, 0) is 13.1 Å². The standard InChI is InChI=1S/C24H27N5/c1-25-24(28-15-12-22(13-16-28)21-10-6-3-7-11-21)27-18-23-26-14-17-29(23)19-20-8-4-2-5-9-20/h2-12,14,17H,13,15-16,18-19H2,1H3,(H,25,27). The Hall–Kier alpha value is -3.34. The summed E-state index contributed by atoms with van der Waals surface area (Å²) in [5.41, 5.74) is 4.00. The van der Waals surface area contributed by atoms with Crippen molar-refractivity contribution in [2.45, 2.75) is 19.5 Å². The van der Waals surface area contributed by atoms with Crippen LogP contribution in [0.4, 0.5) is 0 Å². The summed E-state index contributed by atoms with van der Waals surface area (Å²) in [6.45, 7) is 3.29. The van der Waals surface area contributed by atoms with E-state index in [4.69, 9.17) is 0 Å². The van der Waals surface area contributed by atoms with Gasteiger partial charge in [0, 0.05) is 39.1 Å². The minimum atomic E-state index is 0.651. The predicted octanol–water partition coefficient (Wildman–Crippen LogP) is 3.80. The van der Waals surface area contributed by atoms with Gasteiger partial charge in [-0.1, -0.05) is 66.7 Å². The van der Waals surface area contributed by atoms with Crippen LogP contribution in [0.3, 0.4) is 0 Å². The fraction of sp³-hybridized carbons (Fsp3) is 0.250. The summed E-state index contributed by atoms with van der Waals surface area (Å²) < 4.78 is 2.18. The summed E-state index contributed by atoms with van der Waals surface area (Å²) >= 11 is 0. The van der Waals surface area contributed by atoms with Gasteiger partial charge in [0.2, 0.25) is 0 Å². The summed E-state index contributed by atoms with van der Waals surface area (Å²) in [6.07, 6.45) is 7.22. The molecule has 1 aliphatic rings. The van der Waals surface area contributed by atoms with E-state index in [1.807, 2.05) is 25.5 Å². The molecular formula is C24H27N5. The van der Waals surface area contributed by atoms with E-state index < -0.39 is 0 Å². The molecule has 148 valence electrons. The fourth-order valence-electron chi connectivity index (χ4n) is 3.70. The summed E-state index contributed by atoms with van der Waals surface area (Å²) in [6, 6.07) is 21.1. The molecule has 0 saturated heterocycles. The third-order valence-electron chi connectivity index (χ3n) is 5.27. The van der Waals surface area contributed by atoms with Gasteiger partial charge in [0.25, 0.3) is 0 Å². The zero-order valence-electron chi connectivity index (χ0n) is 16.8. The molecule has 0 aliphatic carbocycles. The molecule has 2 heterocycles. The maximum atomic E-state index is 4.53. The van der Waals surface area contributed by atoms with Gasteiger partial charge >= 0.3 is 0 Å². The molecule has 5 nitrogen and oxygen atoms in total. The Morgan fingerprint density at radius 1 is 1.07 bits per heavy atom. The first-order chi connectivity index (χ1) is 14.3. The van der Waals surface area contributed by atoms with E-state index in [1.54, 1.807) is 0 Å². The van der Waals surface area contributed by atoms with E-state index in [9.17, 15) is 0 Å². The highest BCUT2D eigenvalue weighted by molar-refractivity contribution is 5.81. The molecule has 1 aromatic heterocycles. The van der Waals surface area contributed by atoms with Gasteiger partial charge in [0.1, 0.15) is 5.82 Å². The highest BCUT2D eigenvalue weighted by atomic mass is 15.3.